The number of aliphatic hydroxyl groups is 1. The van der Waals surface area contributed by atoms with Crippen LogP contribution in [0.1, 0.15) is 24.5 Å². The van der Waals surface area contributed by atoms with Crippen molar-refractivity contribution < 1.29 is 14.6 Å². The van der Waals surface area contributed by atoms with Gasteiger partial charge in [0.2, 0.25) is 0 Å². The second kappa shape index (κ2) is 6.74. The molecule has 1 unspecified atom stereocenters. The molecule has 0 aromatic heterocycles. The number of benzene rings is 1. The Morgan fingerprint density at radius 1 is 1.24 bits per heavy atom. The van der Waals surface area contributed by atoms with Gasteiger partial charge in [-0.2, -0.15) is 0 Å². The van der Waals surface area contributed by atoms with Crippen molar-refractivity contribution in [1.82, 2.24) is 0 Å². The fourth-order valence-electron chi connectivity index (χ4n) is 2.03. The summed E-state index contributed by atoms with van der Waals surface area (Å²) in [5, 5.41) is 9.90. The Morgan fingerprint density at radius 2 is 1.94 bits per heavy atom. The molecule has 3 heteroatoms. The van der Waals surface area contributed by atoms with E-state index in [1.807, 2.05) is 30.3 Å². The van der Waals surface area contributed by atoms with Gasteiger partial charge in [0.1, 0.15) is 6.10 Å². The van der Waals surface area contributed by atoms with Crippen LogP contribution in [0.25, 0.3) is 0 Å². The molecule has 1 aromatic rings. The van der Waals surface area contributed by atoms with E-state index in [4.69, 9.17) is 9.47 Å². The highest BCUT2D eigenvalue weighted by molar-refractivity contribution is 5.17. The second-order valence-corrected chi connectivity index (χ2v) is 4.52. The lowest BCUT2D eigenvalue weighted by Crippen LogP contribution is -2.21. The van der Waals surface area contributed by atoms with Gasteiger partial charge in [0.05, 0.1) is 6.61 Å². The predicted octanol–water partition coefficient (Wildman–Crippen LogP) is 2.16. The van der Waals surface area contributed by atoms with Crippen molar-refractivity contribution in [1.29, 1.82) is 0 Å². The molecule has 17 heavy (non-hydrogen) atoms. The Balaban J connectivity index is 1.67. The SMILES string of the molecule is OC(COCC1CCOCC1)c1ccccc1. The van der Waals surface area contributed by atoms with Gasteiger partial charge in [0, 0.05) is 19.8 Å². The molecule has 1 atom stereocenters. The molecule has 3 nitrogen and oxygen atoms in total. The van der Waals surface area contributed by atoms with Gasteiger partial charge in [-0.3, -0.25) is 0 Å². The summed E-state index contributed by atoms with van der Waals surface area (Å²) in [5.41, 5.74) is 0.916. The van der Waals surface area contributed by atoms with Crippen LogP contribution in [0.15, 0.2) is 30.3 Å². The molecule has 1 heterocycles. The van der Waals surface area contributed by atoms with Gasteiger partial charge < -0.3 is 14.6 Å². The summed E-state index contributed by atoms with van der Waals surface area (Å²) in [7, 11) is 0. The lowest BCUT2D eigenvalue weighted by Gasteiger charge is -2.22. The zero-order chi connectivity index (χ0) is 11.9. The monoisotopic (exact) mass is 236 g/mol. The van der Waals surface area contributed by atoms with Crippen LogP contribution < -0.4 is 0 Å². The highest BCUT2D eigenvalue weighted by Gasteiger charge is 2.15. The smallest absolute Gasteiger partial charge is 0.102 e. The first-order chi connectivity index (χ1) is 8.36. The van der Waals surface area contributed by atoms with E-state index in [0.29, 0.717) is 12.5 Å². The van der Waals surface area contributed by atoms with E-state index in [1.54, 1.807) is 0 Å². The highest BCUT2D eigenvalue weighted by Crippen LogP contribution is 2.17. The van der Waals surface area contributed by atoms with E-state index in [9.17, 15) is 5.11 Å². The molecule has 1 N–H and O–H groups in total. The van der Waals surface area contributed by atoms with E-state index in [0.717, 1.165) is 38.2 Å². The van der Waals surface area contributed by atoms with Gasteiger partial charge in [0.25, 0.3) is 0 Å². The quantitative estimate of drug-likeness (QED) is 0.851. The molecule has 0 amide bonds. The lowest BCUT2D eigenvalue weighted by atomic mass is 10.0. The normalized spacial score (nSPS) is 19.1. The van der Waals surface area contributed by atoms with Gasteiger partial charge in [0.15, 0.2) is 0 Å². The molecule has 0 bridgehead atoms. The maximum atomic E-state index is 9.90. The Hall–Kier alpha value is -0.900. The van der Waals surface area contributed by atoms with Crippen molar-refractivity contribution in [2.45, 2.75) is 18.9 Å². The van der Waals surface area contributed by atoms with Crippen molar-refractivity contribution in [2.24, 2.45) is 5.92 Å². The van der Waals surface area contributed by atoms with Gasteiger partial charge in [-0.1, -0.05) is 30.3 Å². The first-order valence-corrected chi connectivity index (χ1v) is 6.25. The molecule has 0 saturated carbocycles. The second-order valence-electron chi connectivity index (χ2n) is 4.52. The number of rotatable bonds is 5. The van der Waals surface area contributed by atoms with Crippen LogP contribution in [0.4, 0.5) is 0 Å². The third-order valence-corrected chi connectivity index (χ3v) is 3.15. The lowest BCUT2D eigenvalue weighted by molar-refractivity contribution is -0.00965. The first kappa shape index (κ1) is 12.6. The molecule has 0 spiro atoms. The van der Waals surface area contributed by atoms with E-state index in [-0.39, 0.29) is 0 Å². The Bertz CT molecular complexity index is 307. The molecular weight excluding hydrogens is 216 g/mol. The molecule has 0 radical (unpaired) electrons. The van der Waals surface area contributed by atoms with Crippen molar-refractivity contribution in [3.05, 3.63) is 35.9 Å². The van der Waals surface area contributed by atoms with E-state index in [1.165, 1.54) is 0 Å². The summed E-state index contributed by atoms with van der Waals surface area (Å²) < 4.78 is 10.9. The standard InChI is InChI=1S/C14H20O3/c15-14(13-4-2-1-3-5-13)11-17-10-12-6-8-16-9-7-12/h1-5,12,14-15H,6-11H2. The molecule has 94 valence electrons. The number of hydrogen-bond acceptors (Lipinski definition) is 3. The van der Waals surface area contributed by atoms with Crippen LogP contribution in [0.3, 0.4) is 0 Å². The van der Waals surface area contributed by atoms with E-state index >= 15 is 0 Å². The summed E-state index contributed by atoms with van der Waals surface area (Å²) >= 11 is 0. The Labute approximate surface area is 102 Å². The predicted molar refractivity (Wildman–Crippen MR) is 65.8 cm³/mol. The minimum absolute atomic E-state index is 0.376. The zero-order valence-corrected chi connectivity index (χ0v) is 10.0. The van der Waals surface area contributed by atoms with Crippen molar-refractivity contribution >= 4 is 0 Å². The largest absolute Gasteiger partial charge is 0.386 e. The van der Waals surface area contributed by atoms with E-state index in [2.05, 4.69) is 0 Å². The summed E-state index contributed by atoms with van der Waals surface area (Å²) in [4.78, 5) is 0. The molecule has 2 rings (SSSR count). The van der Waals surface area contributed by atoms with Gasteiger partial charge in [-0.05, 0) is 24.3 Å². The molecular formula is C14H20O3. The van der Waals surface area contributed by atoms with Gasteiger partial charge in [-0.15, -0.1) is 0 Å². The van der Waals surface area contributed by atoms with Crippen molar-refractivity contribution in [2.75, 3.05) is 26.4 Å². The fourth-order valence-corrected chi connectivity index (χ4v) is 2.03. The van der Waals surface area contributed by atoms with Crippen LogP contribution in [-0.2, 0) is 9.47 Å². The average Bonchev–Trinajstić information content (AvgIpc) is 2.41. The maximum Gasteiger partial charge on any atom is 0.102 e. The topological polar surface area (TPSA) is 38.7 Å². The highest BCUT2D eigenvalue weighted by atomic mass is 16.5. The number of aliphatic hydroxyl groups excluding tert-OH is 1. The van der Waals surface area contributed by atoms with Crippen molar-refractivity contribution in [3.63, 3.8) is 0 Å². The summed E-state index contributed by atoms with van der Waals surface area (Å²) in [6, 6.07) is 9.64. The molecule has 1 saturated heterocycles. The van der Waals surface area contributed by atoms with Crippen molar-refractivity contribution in [3.8, 4) is 0 Å². The first-order valence-electron chi connectivity index (χ1n) is 6.25. The minimum atomic E-state index is -0.518. The average molecular weight is 236 g/mol. The Morgan fingerprint density at radius 3 is 2.65 bits per heavy atom. The van der Waals surface area contributed by atoms with Crippen LogP contribution in [-0.4, -0.2) is 31.5 Å². The van der Waals surface area contributed by atoms with Gasteiger partial charge >= 0.3 is 0 Å². The van der Waals surface area contributed by atoms with Gasteiger partial charge in [-0.25, -0.2) is 0 Å². The molecule has 1 aromatic carbocycles. The molecule has 0 aliphatic carbocycles. The van der Waals surface area contributed by atoms with Crippen LogP contribution in [0.2, 0.25) is 0 Å². The fraction of sp³-hybridized carbons (Fsp3) is 0.571. The summed E-state index contributed by atoms with van der Waals surface area (Å²) in [6.45, 7) is 2.79. The minimum Gasteiger partial charge on any atom is -0.386 e. The number of ether oxygens (including phenoxy) is 2. The molecule has 1 aliphatic rings. The summed E-state index contributed by atoms with van der Waals surface area (Å²) in [5.74, 6) is 0.590. The molecule has 1 aliphatic heterocycles. The Kier molecular flexibility index (Phi) is 4.98. The van der Waals surface area contributed by atoms with Crippen LogP contribution in [0, 0.1) is 5.92 Å². The number of hydrogen-bond donors (Lipinski definition) is 1. The van der Waals surface area contributed by atoms with Crippen LogP contribution >= 0.6 is 0 Å². The maximum absolute atomic E-state index is 9.90. The third-order valence-electron chi connectivity index (χ3n) is 3.15. The third kappa shape index (κ3) is 4.11. The molecule has 1 fully saturated rings. The van der Waals surface area contributed by atoms with Crippen LogP contribution in [0.5, 0.6) is 0 Å². The summed E-state index contributed by atoms with van der Waals surface area (Å²) in [6.07, 6.45) is 1.62. The van der Waals surface area contributed by atoms with E-state index < -0.39 is 6.10 Å². The zero-order valence-electron chi connectivity index (χ0n) is 10.0.